The van der Waals surface area contributed by atoms with E-state index in [0.717, 1.165) is 28.9 Å². The third-order valence-corrected chi connectivity index (χ3v) is 5.29. The van der Waals surface area contributed by atoms with Crippen molar-refractivity contribution in [3.63, 3.8) is 0 Å². The molecule has 2 aliphatic heterocycles. The number of fused-ring (bicyclic) bond motifs is 1. The highest BCUT2D eigenvalue weighted by Gasteiger charge is 2.30. The molecule has 2 aliphatic rings. The van der Waals surface area contributed by atoms with Crippen molar-refractivity contribution < 1.29 is 14.3 Å². The molecule has 0 radical (unpaired) electrons. The monoisotopic (exact) mass is 368 g/mol. The summed E-state index contributed by atoms with van der Waals surface area (Å²) in [7, 11) is 1.81. The molecule has 7 heteroatoms. The average molecular weight is 368 g/mol. The molecule has 7 nitrogen and oxygen atoms in total. The summed E-state index contributed by atoms with van der Waals surface area (Å²) < 4.78 is 6.75. The van der Waals surface area contributed by atoms with Crippen LogP contribution < -0.4 is 4.90 Å². The van der Waals surface area contributed by atoms with E-state index in [1.807, 2.05) is 36.2 Å². The number of hydrogen-bond acceptors (Lipinski definition) is 4. The second kappa shape index (κ2) is 6.72. The normalized spacial score (nSPS) is 16.7. The lowest BCUT2D eigenvalue weighted by Gasteiger charge is -2.31. The van der Waals surface area contributed by atoms with Crippen LogP contribution in [0.25, 0.3) is 0 Å². The molecule has 1 aromatic heterocycles. The van der Waals surface area contributed by atoms with Gasteiger partial charge in [0.2, 0.25) is 0 Å². The van der Waals surface area contributed by atoms with Crippen molar-refractivity contribution in [2.75, 3.05) is 24.6 Å². The zero-order valence-corrected chi connectivity index (χ0v) is 15.9. The van der Waals surface area contributed by atoms with E-state index >= 15 is 0 Å². The fourth-order valence-corrected chi connectivity index (χ4v) is 3.76. The zero-order valence-electron chi connectivity index (χ0n) is 15.9. The van der Waals surface area contributed by atoms with Gasteiger partial charge in [-0.15, -0.1) is 0 Å². The molecule has 1 aromatic carbocycles. The first-order chi connectivity index (χ1) is 13.0. The van der Waals surface area contributed by atoms with E-state index in [1.165, 1.54) is 0 Å². The highest BCUT2D eigenvalue weighted by atomic mass is 16.6. The maximum Gasteiger partial charge on any atom is 0.414 e. The van der Waals surface area contributed by atoms with Gasteiger partial charge in [-0.1, -0.05) is 26.0 Å². The van der Waals surface area contributed by atoms with Gasteiger partial charge >= 0.3 is 6.09 Å². The SMILES string of the molecule is CC(C)c1cc(C(=O)N2CCc3c(cccc3N3CCOC3=O)C2)n(C)n1. The van der Waals surface area contributed by atoms with Gasteiger partial charge in [0.05, 0.1) is 17.9 Å². The summed E-state index contributed by atoms with van der Waals surface area (Å²) in [4.78, 5) is 28.5. The summed E-state index contributed by atoms with van der Waals surface area (Å²) in [5.41, 5.74) is 4.66. The molecule has 0 saturated carbocycles. The van der Waals surface area contributed by atoms with Crippen LogP contribution in [0.5, 0.6) is 0 Å². The molecule has 3 heterocycles. The van der Waals surface area contributed by atoms with E-state index < -0.39 is 0 Å². The second-order valence-electron chi connectivity index (χ2n) is 7.39. The molecule has 0 spiro atoms. The third-order valence-electron chi connectivity index (χ3n) is 5.29. The van der Waals surface area contributed by atoms with Crippen LogP contribution in [-0.4, -0.2) is 46.4 Å². The lowest BCUT2D eigenvalue weighted by atomic mass is 9.97. The summed E-state index contributed by atoms with van der Waals surface area (Å²) in [6, 6.07) is 7.81. The molecule has 1 saturated heterocycles. The molecule has 142 valence electrons. The summed E-state index contributed by atoms with van der Waals surface area (Å²) in [6.45, 7) is 6.29. The third kappa shape index (κ3) is 3.07. The zero-order chi connectivity index (χ0) is 19.1. The number of cyclic esters (lactones) is 1. The molecular formula is C20H24N4O3. The fraction of sp³-hybridized carbons (Fsp3) is 0.450. The largest absolute Gasteiger partial charge is 0.447 e. The first-order valence-corrected chi connectivity index (χ1v) is 9.34. The number of amides is 2. The van der Waals surface area contributed by atoms with Crippen LogP contribution in [0, 0.1) is 0 Å². The molecule has 27 heavy (non-hydrogen) atoms. The number of carbonyl (C=O) groups is 2. The fourth-order valence-electron chi connectivity index (χ4n) is 3.76. The Hall–Kier alpha value is -2.83. The Labute approximate surface area is 158 Å². The Morgan fingerprint density at radius 3 is 2.74 bits per heavy atom. The first kappa shape index (κ1) is 17.6. The van der Waals surface area contributed by atoms with Gasteiger partial charge in [0.25, 0.3) is 5.91 Å². The van der Waals surface area contributed by atoms with E-state index in [-0.39, 0.29) is 17.9 Å². The molecule has 0 unspecified atom stereocenters. The van der Waals surface area contributed by atoms with Crippen molar-refractivity contribution in [2.24, 2.45) is 7.05 Å². The number of nitrogens with zero attached hydrogens (tertiary/aromatic N) is 4. The number of rotatable bonds is 3. The maximum atomic E-state index is 13.0. The second-order valence-corrected chi connectivity index (χ2v) is 7.39. The van der Waals surface area contributed by atoms with Crippen LogP contribution in [0.1, 0.15) is 47.1 Å². The summed E-state index contributed by atoms with van der Waals surface area (Å²) in [5, 5.41) is 4.46. The van der Waals surface area contributed by atoms with Crippen LogP contribution in [-0.2, 0) is 24.8 Å². The van der Waals surface area contributed by atoms with Gasteiger partial charge in [-0.05, 0) is 35.6 Å². The molecule has 0 atom stereocenters. The average Bonchev–Trinajstić information content (AvgIpc) is 3.26. The summed E-state index contributed by atoms with van der Waals surface area (Å²) in [5.74, 6) is 0.274. The molecule has 0 N–H and O–H groups in total. The molecule has 4 rings (SSSR count). The molecule has 0 aliphatic carbocycles. The van der Waals surface area contributed by atoms with Crippen molar-refractivity contribution in [3.05, 3.63) is 46.8 Å². The van der Waals surface area contributed by atoms with E-state index in [4.69, 9.17) is 4.74 Å². The van der Waals surface area contributed by atoms with Crippen LogP contribution in [0.15, 0.2) is 24.3 Å². The van der Waals surface area contributed by atoms with Crippen molar-refractivity contribution in [3.8, 4) is 0 Å². The quantitative estimate of drug-likeness (QED) is 0.835. The minimum absolute atomic E-state index is 0.00599. The molecule has 1 fully saturated rings. The van der Waals surface area contributed by atoms with Gasteiger partial charge in [0.1, 0.15) is 12.3 Å². The number of ether oxygens (including phenoxy) is 1. The Bertz CT molecular complexity index is 903. The smallest absolute Gasteiger partial charge is 0.414 e. The van der Waals surface area contributed by atoms with E-state index in [1.54, 1.807) is 9.58 Å². The van der Waals surface area contributed by atoms with E-state index in [2.05, 4.69) is 18.9 Å². The summed E-state index contributed by atoms with van der Waals surface area (Å²) in [6.07, 6.45) is 0.425. The maximum absolute atomic E-state index is 13.0. The highest BCUT2D eigenvalue weighted by Crippen LogP contribution is 2.31. The van der Waals surface area contributed by atoms with Crippen LogP contribution >= 0.6 is 0 Å². The van der Waals surface area contributed by atoms with Gasteiger partial charge in [-0.2, -0.15) is 5.10 Å². The predicted octanol–water partition coefficient (Wildman–Crippen LogP) is 2.70. The number of aryl methyl sites for hydroxylation is 1. The van der Waals surface area contributed by atoms with Gasteiger partial charge in [0.15, 0.2) is 0 Å². The molecule has 2 amide bonds. The molecule has 2 aromatic rings. The number of hydrogen-bond donors (Lipinski definition) is 0. The Morgan fingerprint density at radius 1 is 1.26 bits per heavy atom. The van der Waals surface area contributed by atoms with Crippen molar-refractivity contribution in [1.82, 2.24) is 14.7 Å². The highest BCUT2D eigenvalue weighted by molar-refractivity contribution is 5.93. The molecule has 0 bridgehead atoms. The first-order valence-electron chi connectivity index (χ1n) is 9.34. The Balaban J connectivity index is 1.59. The van der Waals surface area contributed by atoms with Crippen LogP contribution in [0.2, 0.25) is 0 Å². The Kier molecular flexibility index (Phi) is 4.37. The lowest BCUT2D eigenvalue weighted by molar-refractivity contribution is 0.0723. The van der Waals surface area contributed by atoms with E-state index in [9.17, 15) is 9.59 Å². The van der Waals surface area contributed by atoms with E-state index in [0.29, 0.717) is 31.9 Å². The van der Waals surface area contributed by atoms with Gasteiger partial charge in [-0.25, -0.2) is 4.79 Å². The standard InChI is InChI=1S/C20H24N4O3/c1-13(2)16-11-18(22(3)21-16)19(25)23-8-7-15-14(12-23)5-4-6-17(15)24-9-10-27-20(24)26/h4-6,11,13H,7-10,12H2,1-3H3. The van der Waals surface area contributed by atoms with Gasteiger partial charge < -0.3 is 9.64 Å². The minimum atomic E-state index is -0.294. The topological polar surface area (TPSA) is 67.7 Å². The van der Waals surface area contributed by atoms with Crippen molar-refractivity contribution in [1.29, 1.82) is 0 Å². The number of anilines is 1. The summed E-state index contributed by atoms with van der Waals surface area (Å²) >= 11 is 0. The van der Waals surface area contributed by atoms with Crippen LogP contribution in [0.4, 0.5) is 10.5 Å². The number of aromatic nitrogens is 2. The number of carbonyl (C=O) groups excluding carboxylic acids is 2. The van der Waals surface area contributed by atoms with Crippen molar-refractivity contribution >= 4 is 17.7 Å². The van der Waals surface area contributed by atoms with Gasteiger partial charge in [-0.3, -0.25) is 14.4 Å². The van der Waals surface area contributed by atoms with Crippen molar-refractivity contribution in [2.45, 2.75) is 32.7 Å². The number of benzene rings is 1. The Morgan fingerprint density at radius 2 is 2.07 bits per heavy atom. The van der Waals surface area contributed by atoms with Gasteiger partial charge in [0, 0.05) is 20.1 Å². The lowest BCUT2D eigenvalue weighted by Crippen LogP contribution is -2.38. The molecular weight excluding hydrogens is 344 g/mol. The predicted molar refractivity (Wildman–Crippen MR) is 101 cm³/mol. The minimum Gasteiger partial charge on any atom is -0.447 e. The van der Waals surface area contributed by atoms with Crippen LogP contribution in [0.3, 0.4) is 0 Å².